The summed E-state index contributed by atoms with van der Waals surface area (Å²) in [7, 11) is 0. The number of hydrogen-bond donors (Lipinski definition) is 1. The first kappa shape index (κ1) is 23.0. The zero-order valence-electron chi connectivity index (χ0n) is 19.2. The molecule has 8 nitrogen and oxygen atoms in total. The van der Waals surface area contributed by atoms with Gasteiger partial charge in [0.25, 0.3) is 0 Å². The lowest BCUT2D eigenvalue weighted by Crippen LogP contribution is -2.57. The van der Waals surface area contributed by atoms with Crippen molar-refractivity contribution in [1.29, 1.82) is 0 Å². The summed E-state index contributed by atoms with van der Waals surface area (Å²) in [5.74, 6) is -2.77. The third-order valence-corrected chi connectivity index (χ3v) is 7.36. The molecule has 4 aliphatic heterocycles. The van der Waals surface area contributed by atoms with Gasteiger partial charge in [0.05, 0.1) is 24.7 Å². The number of hydrogen-bond acceptors (Lipinski definition) is 6. The molecule has 32 heavy (non-hydrogen) atoms. The summed E-state index contributed by atoms with van der Waals surface area (Å²) >= 11 is 0. The second-order valence-corrected chi connectivity index (χ2v) is 9.50. The molecule has 176 valence electrons. The van der Waals surface area contributed by atoms with Crippen molar-refractivity contribution in [3.8, 4) is 0 Å². The molecule has 2 fully saturated rings. The van der Waals surface area contributed by atoms with Gasteiger partial charge in [-0.05, 0) is 33.1 Å². The fraction of sp³-hybridized carbons (Fsp3) is 0.708. The van der Waals surface area contributed by atoms with Gasteiger partial charge < -0.3 is 24.4 Å². The molecule has 0 aromatic carbocycles. The molecule has 6 atom stereocenters. The Kier molecular flexibility index (Phi) is 6.20. The quantitative estimate of drug-likeness (QED) is 0.507. The molecular weight excluding hydrogens is 412 g/mol. The van der Waals surface area contributed by atoms with Crippen molar-refractivity contribution in [2.45, 2.75) is 69.7 Å². The molecule has 0 aromatic heterocycles. The molecule has 4 rings (SSSR count). The predicted molar refractivity (Wildman–Crippen MR) is 116 cm³/mol. The topological polar surface area (TPSA) is 96.4 Å². The molecule has 0 radical (unpaired) electrons. The summed E-state index contributed by atoms with van der Waals surface area (Å²) in [6.07, 6.45) is 10.7. The van der Waals surface area contributed by atoms with Crippen molar-refractivity contribution in [3.63, 3.8) is 0 Å². The van der Waals surface area contributed by atoms with E-state index >= 15 is 0 Å². The first-order valence-corrected chi connectivity index (χ1v) is 11.7. The van der Waals surface area contributed by atoms with Crippen molar-refractivity contribution in [2.24, 2.45) is 11.8 Å². The van der Waals surface area contributed by atoms with Crippen LogP contribution >= 0.6 is 0 Å². The van der Waals surface area contributed by atoms with Gasteiger partial charge in [0.2, 0.25) is 11.8 Å². The van der Waals surface area contributed by atoms with Gasteiger partial charge in [-0.3, -0.25) is 14.4 Å². The first-order chi connectivity index (χ1) is 15.3. The van der Waals surface area contributed by atoms with Crippen molar-refractivity contribution < 1.29 is 29.0 Å². The van der Waals surface area contributed by atoms with Crippen LogP contribution in [0, 0.1) is 11.8 Å². The highest BCUT2D eigenvalue weighted by Gasteiger charge is 2.74. The van der Waals surface area contributed by atoms with Crippen LogP contribution in [0.5, 0.6) is 0 Å². The van der Waals surface area contributed by atoms with Gasteiger partial charge in [-0.15, -0.1) is 0 Å². The highest BCUT2D eigenvalue weighted by atomic mass is 16.6. The van der Waals surface area contributed by atoms with Crippen LogP contribution in [-0.4, -0.2) is 82.3 Å². The standard InChI is InChI=1S/C24H34N2O6/c1-4-9-16(2)25-12-8-11-24-17(20(28)26(13-14-27)19(24)21(25)29)18-22(30)31-15-7-5-6-10-23(18,3)32-24/h6,8,10-11,16-19,27H,4-5,7,9,12-15H2,1-3H3/b10-6-/t16?,17-,18+,19?,23-,24-/m0/s1. The SMILES string of the molecule is CCCC(C)N1CC=C[C@]23O[C@@]4(C)/C=C\CCCOC(=O)[C@H]4[C@H]2C(=O)N(CCO)C3C1=O. The number of rotatable bonds is 5. The first-order valence-electron chi connectivity index (χ1n) is 11.7. The van der Waals surface area contributed by atoms with Crippen LogP contribution < -0.4 is 0 Å². The smallest absolute Gasteiger partial charge is 0.313 e. The van der Waals surface area contributed by atoms with Crippen LogP contribution in [0.25, 0.3) is 0 Å². The third-order valence-electron chi connectivity index (χ3n) is 7.36. The fourth-order valence-electron chi connectivity index (χ4n) is 5.97. The largest absolute Gasteiger partial charge is 0.465 e. The molecule has 2 amide bonds. The van der Waals surface area contributed by atoms with Gasteiger partial charge >= 0.3 is 5.97 Å². The summed E-state index contributed by atoms with van der Waals surface area (Å²) in [5, 5.41) is 9.69. The Labute approximate surface area is 189 Å². The van der Waals surface area contributed by atoms with Crippen molar-refractivity contribution >= 4 is 17.8 Å². The van der Waals surface area contributed by atoms with E-state index in [1.807, 2.05) is 31.2 Å². The Morgan fingerprint density at radius 2 is 1.97 bits per heavy atom. The molecule has 4 aliphatic rings. The van der Waals surface area contributed by atoms with Gasteiger partial charge in [0, 0.05) is 19.1 Å². The Hall–Kier alpha value is -2.19. The van der Waals surface area contributed by atoms with Gasteiger partial charge in [-0.25, -0.2) is 0 Å². The molecule has 0 saturated carbocycles. The number of β-amino-alcohol motifs (C(OH)–C–C–N with tert-alkyl or cyclic N) is 1. The minimum Gasteiger partial charge on any atom is -0.465 e. The third kappa shape index (κ3) is 3.39. The molecule has 0 aromatic rings. The number of ether oxygens (including phenoxy) is 2. The van der Waals surface area contributed by atoms with E-state index < -0.39 is 35.0 Å². The molecule has 1 N–H and O–H groups in total. The van der Waals surface area contributed by atoms with Crippen molar-refractivity contribution in [1.82, 2.24) is 9.80 Å². The molecule has 8 heteroatoms. The van der Waals surface area contributed by atoms with Crippen LogP contribution in [0.1, 0.15) is 46.5 Å². The van der Waals surface area contributed by atoms with E-state index in [9.17, 15) is 19.5 Å². The number of fused-ring (bicyclic) bond motifs is 2. The van der Waals surface area contributed by atoms with Gasteiger partial charge in [0.15, 0.2) is 0 Å². The maximum atomic E-state index is 13.9. The lowest BCUT2D eigenvalue weighted by atomic mass is 9.74. The molecule has 0 aliphatic carbocycles. The normalized spacial score (nSPS) is 38.8. The number of aliphatic hydroxyl groups excluding tert-OH is 1. The van der Waals surface area contributed by atoms with E-state index in [1.54, 1.807) is 11.8 Å². The lowest BCUT2D eigenvalue weighted by molar-refractivity contribution is -0.160. The average molecular weight is 447 g/mol. The summed E-state index contributed by atoms with van der Waals surface area (Å²) < 4.78 is 12.2. The van der Waals surface area contributed by atoms with E-state index in [0.717, 1.165) is 19.3 Å². The number of esters is 1. The Morgan fingerprint density at radius 1 is 1.19 bits per heavy atom. The summed E-state index contributed by atoms with van der Waals surface area (Å²) in [5.41, 5.74) is -2.36. The minimum absolute atomic E-state index is 0.00327. The lowest BCUT2D eigenvalue weighted by Gasteiger charge is -2.38. The Balaban J connectivity index is 1.84. The van der Waals surface area contributed by atoms with E-state index in [4.69, 9.17) is 9.47 Å². The Morgan fingerprint density at radius 3 is 2.69 bits per heavy atom. The maximum Gasteiger partial charge on any atom is 0.313 e. The second-order valence-electron chi connectivity index (χ2n) is 9.50. The molecule has 4 heterocycles. The van der Waals surface area contributed by atoms with E-state index in [0.29, 0.717) is 13.0 Å². The molecule has 2 saturated heterocycles. The van der Waals surface area contributed by atoms with Gasteiger partial charge in [0.1, 0.15) is 17.6 Å². The predicted octanol–water partition coefficient (Wildman–Crippen LogP) is 1.43. The van der Waals surface area contributed by atoms with Gasteiger partial charge in [-0.2, -0.15) is 0 Å². The molecule has 1 spiro atoms. The van der Waals surface area contributed by atoms with Gasteiger partial charge in [-0.1, -0.05) is 37.6 Å². The monoisotopic (exact) mass is 446 g/mol. The zero-order chi connectivity index (χ0) is 23.1. The van der Waals surface area contributed by atoms with Crippen LogP contribution in [-0.2, 0) is 23.9 Å². The summed E-state index contributed by atoms with van der Waals surface area (Å²) in [6.45, 7) is 6.30. The highest BCUT2D eigenvalue weighted by molar-refractivity contribution is 5.99. The second kappa shape index (κ2) is 8.63. The number of nitrogens with zero attached hydrogens (tertiary/aromatic N) is 2. The van der Waals surface area contributed by atoms with E-state index in [1.165, 1.54) is 4.90 Å². The van der Waals surface area contributed by atoms with Crippen molar-refractivity contribution in [2.75, 3.05) is 26.3 Å². The Bertz CT molecular complexity index is 840. The van der Waals surface area contributed by atoms with E-state index in [2.05, 4.69) is 6.92 Å². The molecule has 0 bridgehead atoms. The maximum absolute atomic E-state index is 13.9. The van der Waals surface area contributed by atoms with Crippen molar-refractivity contribution in [3.05, 3.63) is 24.3 Å². The number of carbonyl (C=O) groups excluding carboxylic acids is 3. The van der Waals surface area contributed by atoms with Crippen LogP contribution in [0.3, 0.4) is 0 Å². The van der Waals surface area contributed by atoms with Crippen LogP contribution in [0.15, 0.2) is 24.3 Å². The number of amides is 2. The minimum atomic E-state index is -1.29. The average Bonchev–Trinajstić information content (AvgIpc) is 3.08. The summed E-state index contributed by atoms with van der Waals surface area (Å²) in [4.78, 5) is 44.0. The van der Waals surface area contributed by atoms with Crippen LogP contribution in [0.2, 0.25) is 0 Å². The number of likely N-dealkylation sites (tertiary alicyclic amines) is 1. The molecule has 2 unspecified atom stereocenters. The zero-order valence-corrected chi connectivity index (χ0v) is 19.2. The summed E-state index contributed by atoms with van der Waals surface area (Å²) in [6, 6.07) is -0.935. The number of allylic oxidation sites excluding steroid dienone is 1. The van der Waals surface area contributed by atoms with Crippen LogP contribution in [0.4, 0.5) is 0 Å². The van der Waals surface area contributed by atoms with E-state index in [-0.39, 0.29) is 37.6 Å². The molecular formula is C24H34N2O6. The highest BCUT2D eigenvalue weighted by Crippen LogP contribution is 2.57. The number of cyclic esters (lactones) is 1. The number of aliphatic hydroxyl groups is 1. The number of carbonyl (C=O) groups is 3. The fourth-order valence-corrected chi connectivity index (χ4v) is 5.97.